The van der Waals surface area contributed by atoms with Crippen molar-refractivity contribution in [1.82, 2.24) is 0 Å². The van der Waals surface area contributed by atoms with Gasteiger partial charge in [-0.3, -0.25) is 9.35 Å². The molecule has 0 heterocycles. The summed E-state index contributed by atoms with van der Waals surface area (Å²) in [5, 5.41) is -4.38. The summed E-state index contributed by atoms with van der Waals surface area (Å²) in [5.74, 6) is 1.30. The van der Waals surface area contributed by atoms with Crippen molar-refractivity contribution >= 4 is 16.1 Å². The Kier molecular flexibility index (Phi) is 5.70. The highest BCUT2D eigenvalue weighted by Crippen LogP contribution is 2.62. The Balaban J connectivity index is 1.48. The minimum Gasteiger partial charge on any atom is -0.459 e. The highest BCUT2D eigenvalue weighted by atomic mass is 32.2. The standard InChI is InChI=1S/C20H30F2O6S/c21-20(22,29(24,25)26)12-27-11-17(28-18(23)16-3-1-2-4-16)19-8-13-5-14(9-19)7-15(6-13)10-19/h13-17H,1-12H2,(H,24,25,26). The molecule has 9 heteroatoms. The summed E-state index contributed by atoms with van der Waals surface area (Å²) in [4.78, 5) is 12.7. The second-order valence-electron chi connectivity index (χ2n) is 9.81. The molecule has 0 aromatic carbocycles. The Morgan fingerprint density at radius 1 is 1.07 bits per heavy atom. The summed E-state index contributed by atoms with van der Waals surface area (Å²) >= 11 is 0. The van der Waals surface area contributed by atoms with E-state index < -0.39 is 28.1 Å². The van der Waals surface area contributed by atoms with E-state index in [4.69, 9.17) is 14.0 Å². The van der Waals surface area contributed by atoms with Crippen LogP contribution >= 0.6 is 0 Å². The zero-order chi connectivity index (χ0) is 20.9. The van der Waals surface area contributed by atoms with Gasteiger partial charge in [0.2, 0.25) is 0 Å². The predicted molar refractivity (Wildman–Crippen MR) is 99.8 cm³/mol. The summed E-state index contributed by atoms with van der Waals surface area (Å²) in [7, 11) is -5.55. The van der Waals surface area contributed by atoms with E-state index in [1.165, 1.54) is 19.3 Å². The lowest BCUT2D eigenvalue weighted by atomic mass is 9.48. The van der Waals surface area contributed by atoms with Crippen LogP contribution in [0.2, 0.25) is 0 Å². The van der Waals surface area contributed by atoms with Gasteiger partial charge in [-0.2, -0.15) is 17.2 Å². The number of hydrogen-bond acceptors (Lipinski definition) is 5. The smallest absolute Gasteiger partial charge is 0.392 e. The fourth-order valence-corrected chi connectivity index (χ4v) is 6.90. The third-order valence-electron chi connectivity index (χ3n) is 7.63. The molecule has 0 aromatic heterocycles. The number of rotatable bonds is 8. The molecule has 1 N–H and O–H groups in total. The first-order chi connectivity index (χ1) is 13.6. The number of hydrogen-bond donors (Lipinski definition) is 1. The average molecular weight is 437 g/mol. The average Bonchev–Trinajstić information content (AvgIpc) is 3.13. The van der Waals surface area contributed by atoms with E-state index in [1.54, 1.807) is 0 Å². The van der Waals surface area contributed by atoms with Crippen LogP contribution < -0.4 is 0 Å². The molecule has 0 spiro atoms. The van der Waals surface area contributed by atoms with Gasteiger partial charge in [-0.05, 0) is 69.1 Å². The molecule has 0 aromatic rings. The van der Waals surface area contributed by atoms with Crippen molar-refractivity contribution in [3.8, 4) is 0 Å². The van der Waals surface area contributed by atoms with E-state index in [0.717, 1.165) is 44.9 Å². The van der Waals surface area contributed by atoms with Crippen LogP contribution in [0.3, 0.4) is 0 Å². The van der Waals surface area contributed by atoms with Gasteiger partial charge in [0, 0.05) is 5.41 Å². The van der Waals surface area contributed by atoms with Crippen LogP contribution in [-0.2, 0) is 24.4 Å². The summed E-state index contributed by atoms with van der Waals surface area (Å²) in [6.45, 7) is -1.72. The lowest BCUT2D eigenvalue weighted by Crippen LogP contribution is -2.54. The third-order valence-corrected chi connectivity index (χ3v) is 8.50. The fraction of sp³-hybridized carbons (Fsp3) is 0.950. The number of halogens is 2. The normalized spacial score (nSPS) is 35.8. The van der Waals surface area contributed by atoms with E-state index in [9.17, 15) is 22.0 Å². The van der Waals surface area contributed by atoms with Gasteiger partial charge < -0.3 is 9.47 Å². The monoisotopic (exact) mass is 436 g/mol. The number of carbonyl (C=O) groups is 1. The minimum absolute atomic E-state index is 0.148. The molecule has 0 aliphatic heterocycles. The molecule has 0 saturated heterocycles. The van der Waals surface area contributed by atoms with E-state index in [1.807, 2.05) is 0 Å². The van der Waals surface area contributed by atoms with E-state index in [2.05, 4.69) is 0 Å². The first-order valence-electron chi connectivity index (χ1n) is 10.7. The van der Waals surface area contributed by atoms with Gasteiger partial charge in [0.25, 0.3) is 0 Å². The van der Waals surface area contributed by atoms with E-state index in [-0.39, 0.29) is 23.9 Å². The molecule has 166 valence electrons. The maximum absolute atomic E-state index is 13.6. The SMILES string of the molecule is O=C(OC(COCC(F)(F)S(=O)(=O)O)C12CC3CC(CC(C3)C1)C2)C1CCCC1. The number of carbonyl (C=O) groups excluding carboxylic acids is 1. The number of ether oxygens (including phenoxy) is 2. The molecule has 5 fully saturated rings. The largest absolute Gasteiger partial charge is 0.459 e. The van der Waals surface area contributed by atoms with Crippen LogP contribution in [0, 0.1) is 29.1 Å². The Labute approximate surface area is 170 Å². The lowest BCUT2D eigenvalue weighted by molar-refractivity contribution is -0.188. The first kappa shape index (κ1) is 21.4. The predicted octanol–water partition coefficient (Wildman–Crippen LogP) is 3.80. The Morgan fingerprint density at radius 3 is 2.07 bits per heavy atom. The molecule has 5 aliphatic carbocycles. The maximum atomic E-state index is 13.6. The van der Waals surface area contributed by atoms with Gasteiger partial charge in [0.1, 0.15) is 12.7 Å². The Bertz CT molecular complexity index is 696. The topological polar surface area (TPSA) is 89.9 Å². The van der Waals surface area contributed by atoms with Crippen molar-refractivity contribution in [3.63, 3.8) is 0 Å². The van der Waals surface area contributed by atoms with Crippen molar-refractivity contribution in [2.75, 3.05) is 13.2 Å². The maximum Gasteiger partial charge on any atom is 0.392 e. The molecule has 29 heavy (non-hydrogen) atoms. The molecule has 6 nitrogen and oxygen atoms in total. The second-order valence-corrected chi connectivity index (χ2v) is 11.4. The van der Waals surface area contributed by atoms with Crippen molar-refractivity contribution in [3.05, 3.63) is 0 Å². The second kappa shape index (κ2) is 7.71. The van der Waals surface area contributed by atoms with Gasteiger partial charge in [-0.1, -0.05) is 12.8 Å². The molecule has 0 amide bonds. The van der Waals surface area contributed by atoms with Crippen molar-refractivity contribution in [1.29, 1.82) is 0 Å². The zero-order valence-electron chi connectivity index (χ0n) is 16.5. The Morgan fingerprint density at radius 2 is 1.59 bits per heavy atom. The summed E-state index contributed by atoms with van der Waals surface area (Å²) < 4.78 is 68.5. The van der Waals surface area contributed by atoms with E-state index >= 15 is 0 Å². The van der Waals surface area contributed by atoms with Gasteiger partial charge in [0.05, 0.1) is 12.5 Å². The Hall–Kier alpha value is -0.800. The van der Waals surface area contributed by atoms with Crippen LogP contribution in [0.25, 0.3) is 0 Å². The highest BCUT2D eigenvalue weighted by molar-refractivity contribution is 7.86. The first-order valence-corrected chi connectivity index (χ1v) is 12.1. The molecule has 5 saturated carbocycles. The zero-order valence-corrected chi connectivity index (χ0v) is 17.3. The van der Waals surface area contributed by atoms with Crippen LogP contribution in [0.5, 0.6) is 0 Å². The lowest BCUT2D eigenvalue weighted by Gasteiger charge is -2.58. The highest BCUT2D eigenvalue weighted by Gasteiger charge is 2.56. The van der Waals surface area contributed by atoms with Crippen LogP contribution in [0.15, 0.2) is 0 Å². The van der Waals surface area contributed by atoms with Gasteiger partial charge in [0.15, 0.2) is 0 Å². The third kappa shape index (κ3) is 4.32. The number of alkyl halides is 2. The van der Waals surface area contributed by atoms with E-state index in [0.29, 0.717) is 17.8 Å². The summed E-state index contributed by atoms with van der Waals surface area (Å²) in [6, 6.07) is 0. The molecule has 5 rings (SSSR count). The van der Waals surface area contributed by atoms with Crippen molar-refractivity contribution < 1.29 is 36.0 Å². The van der Waals surface area contributed by atoms with Crippen molar-refractivity contribution in [2.24, 2.45) is 29.1 Å². The van der Waals surface area contributed by atoms with Gasteiger partial charge in [-0.15, -0.1) is 0 Å². The van der Waals surface area contributed by atoms with Crippen molar-refractivity contribution in [2.45, 2.75) is 75.6 Å². The van der Waals surface area contributed by atoms with Gasteiger partial charge in [-0.25, -0.2) is 0 Å². The molecule has 5 aliphatic rings. The molecule has 0 radical (unpaired) electrons. The molecule has 1 atom stereocenters. The fourth-order valence-electron chi connectivity index (χ4n) is 6.66. The quantitative estimate of drug-likeness (QED) is 0.460. The molecule has 1 unspecified atom stereocenters. The van der Waals surface area contributed by atoms with Crippen LogP contribution in [0.4, 0.5) is 8.78 Å². The minimum atomic E-state index is -5.55. The summed E-state index contributed by atoms with van der Waals surface area (Å²) in [6.07, 6.45) is 9.15. The van der Waals surface area contributed by atoms with Gasteiger partial charge >= 0.3 is 21.3 Å². The molecular weight excluding hydrogens is 406 g/mol. The van der Waals surface area contributed by atoms with Crippen LogP contribution in [0.1, 0.15) is 64.2 Å². The number of esters is 1. The molecular formula is C20H30F2O6S. The summed E-state index contributed by atoms with van der Waals surface area (Å²) in [5.41, 5.74) is -0.267. The molecule has 4 bridgehead atoms. The van der Waals surface area contributed by atoms with Crippen LogP contribution in [-0.4, -0.2) is 43.5 Å².